The van der Waals surface area contributed by atoms with E-state index in [1.807, 2.05) is 13.8 Å². The number of Topliss-reactive ketones (excluding diaryl/α,β-unsaturated/α-hetero) is 1. The Morgan fingerprint density at radius 1 is 1.31 bits per heavy atom. The van der Waals surface area contributed by atoms with E-state index >= 15 is 0 Å². The molecule has 1 saturated heterocycles. The molecule has 0 aromatic carbocycles. The first-order valence-electron chi connectivity index (χ1n) is 4.22. The number of amides is 1. The second-order valence-electron chi connectivity index (χ2n) is 4.20. The molecule has 1 aliphatic heterocycles. The van der Waals surface area contributed by atoms with Gasteiger partial charge in [0.15, 0.2) is 5.78 Å². The molecule has 1 unspecified atom stereocenters. The molecule has 0 bridgehead atoms. The monoisotopic (exact) mass is 185 g/mol. The molecule has 1 N–H and O–H groups in total. The summed E-state index contributed by atoms with van der Waals surface area (Å²) in [5.41, 5.74) is -0.661. The van der Waals surface area contributed by atoms with Gasteiger partial charge in [0.25, 0.3) is 0 Å². The summed E-state index contributed by atoms with van der Waals surface area (Å²) in [4.78, 5) is 22.9. The molecule has 3 heteroatoms. The summed E-state index contributed by atoms with van der Waals surface area (Å²) < 4.78 is 0. The van der Waals surface area contributed by atoms with Crippen molar-refractivity contribution in [1.29, 1.82) is 0 Å². The van der Waals surface area contributed by atoms with Crippen molar-refractivity contribution in [2.45, 2.75) is 40.7 Å². The molecule has 1 aliphatic rings. The van der Waals surface area contributed by atoms with Gasteiger partial charge in [-0.05, 0) is 19.8 Å². The fourth-order valence-electron chi connectivity index (χ4n) is 1.56. The highest BCUT2D eigenvalue weighted by molar-refractivity contribution is 6.12. The van der Waals surface area contributed by atoms with Crippen LogP contribution in [0.15, 0.2) is 0 Å². The molecule has 76 valence electrons. The number of carbonyl (C=O) groups excluding carboxylic acids is 2. The van der Waals surface area contributed by atoms with Crippen LogP contribution in [0, 0.1) is 11.8 Å². The van der Waals surface area contributed by atoms with Crippen molar-refractivity contribution in [2.75, 3.05) is 0 Å². The van der Waals surface area contributed by atoms with Crippen LogP contribution in [0.2, 0.25) is 0 Å². The van der Waals surface area contributed by atoms with Crippen LogP contribution < -0.4 is 5.32 Å². The quantitative estimate of drug-likeness (QED) is 0.627. The third-order valence-corrected chi connectivity index (χ3v) is 2.28. The number of hydrogen-bond acceptors (Lipinski definition) is 2. The van der Waals surface area contributed by atoms with Gasteiger partial charge in [0, 0.05) is 0 Å². The van der Waals surface area contributed by atoms with Crippen molar-refractivity contribution >= 4 is 11.7 Å². The summed E-state index contributed by atoms with van der Waals surface area (Å²) in [7, 11) is 0. The van der Waals surface area contributed by atoms with Gasteiger partial charge in [-0.3, -0.25) is 9.59 Å². The number of ketones is 1. The van der Waals surface area contributed by atoms with E-state index in [1.54, 1.807) is 13.8 Å². The molecule has 13 heavy (non-hydrogen) atoms. The van der Waals surface area contributed by atoms with E-state index in [1.165, 1.54) is 0 Å². The predicted molar refractivity (Wildman–Crippen MR) is 52.3 cm³/mol. The summed E-state index contributed by atoms with van der Waals surface area (Å²) in [5.74, 6) is -0.457. The van der Waals surface area contributed by atoms with Crippen LogP contribution in [0.25, 0.3) is 0 Å². The van der Waals surface area contributed by atoms with E-state index in [2.05, 4.69) is 5.32 Å². The first kappa shape index (κ1) is 12.1. The SMILES string of the molecule is C.CC(C)C1C(=O)NC(C)(C)C1=O. The van der Waals surface area contributed by atoms with Crippen LogP contribution in [-0.4, -0.2) is 17.2 Å². The summed E-state index contributed by atoms with van der Waals surface area (Å²) in [6, 6.07) is 0. The van der Waals surface area contributed by atoms with E-state index < -0.39 is 11.5 Å². The molecular formula is C10H19NO2. The molecule has 1 amide bonds. The predicted octanol–water partition coefficient (Wildman–Crippen LogP) is 1.37. The molecule has 1 atom stereocenters. The minimum absolute atomic E-state index is 0. The largest absolute Gasteiger partial charge is 0.343 e. The Morgan fingerprint density at radius 2 is 1.77 bits per heavy atom. The topological polar surface area (TPSA) is 46.2 Å². The third-order valence-electron chi connectivity index (χ3n) is 2.28. The lowest BCUT2D eigenvalue weighted by atomic mass is 9.87. The van der Waals surface area contributed by atoms with Crippen molar-refractivity contribution in [2.24, 2.45) is 11.8 Å². The average Bonchev–Trinajstić information content (AvgIpc) is 2.02. The maximum atomic E-state index is 11.6. The molecule has 1 heterocycles. The van der Waals surface area contributed by atoms with E-state index in [9.17, 15) is 9.59 Å². The minimum atomic E-state index is -0.661. The van der Waals surface area contributed by atoms with E-state index in [-0.39, 0.29) is 25.0 Å². The zero-order chi connectivity index (χ0) is 9.52. The van der Waals surface area contributed by atoms with Gasteiger partial charge < -0.3 is 5.32 Å². The Hall–Kier alpha value is -0.860. The molecule has 0 spiro atoms. The van der Waals surface area contributed by atoms with Crippen LogP contribution in [0.4, 0.5) is 0 Å². The van der Waals surface area contributed by atoms with Gasteiger partial charge in [0.2, 0.25) is 5.91 Å². The molecule has 1 fully saturated rings. The molecule has 0 aliphatic carbocycles. The van der Waals surface area contributed by atoms with Gasteiger partial charge in [-0.1, -0.05) is 21.3 Å². The standard InChI is InChI=1S/C9H15NO2.CH4/c1-5(2)6-7(11)9(3,4)10-8(6)12;/h5-6H,1-4H3,(H,10,12);1H4. The highest BCUT2D eigenvalue weighted by Crippen LogP contribution is 2.25. The maximum Gasteiger partial charge on any atom is 0.231 e. The molecule has 0 aromatic heterocycles. The Balaban J connectivity index is 0.00000144. The number of carbonyl (C=O) groups is 2. The van der Waals surface area contributed by atoms with E-state index in [4.69, 9.17) is 0 Å². The Bertz CT molecular complexity index is 231. The maximum absolute atomic E-state index is 11.6. The van der Waals surface area contributed by atoms with Gasteiger partial charge in [0.05, 0.1) is 5.54 Å². The zero-order valence-electron chi connectivity index (χ0n) is 7.97. The van der Waals surface area contributed by atoms with Gasteiger partial charge >= 0.3 is 0 Å². The van der Waals surface area contributed by atoms with Gasteiger partial charge in [0.1, 0.15) is 5.92 Å². The van der Waals surface area contributed by atoms with E-state index in [0.717, 1.165) is 0 Å². The summed E-state index contributed by atoms with van der Waals surface area (Å²) in [5, 5.41) is 2.69. The lowest BCUT2D eigenvalue weighted by Crippen LogP contribution is -2.39. The molecule has 3 nitrogen and oxygen atoms in total. The number of hydrogen-bond donors (Lipinski definition) is 1. The highest BCUT2D eigenvalue weighted by atomic mass is 16.2. The third kappa shape index (κ3) is 1.90. The summed E-state index contributed by atoms with van der Waals surface area (Å²) >= 11 is 0. The lowest BCUT2D eigenvalue weighted by molar-refractivity contribution is -0.130. The summed E-state index contributed by atoms with van der Waals surface area (Å²) in [6.07, 6.45) is 0. The van der Waals surface area contributed by atoms with Crippen LogP contribution in [0.1, 0.15) is 35.1 Å². The van der Waals surface area contributed by atoms with E-state index in [0.29, 0.717) is 0 Å². The Kier molecular flexibility index (Phi) is 3.25. The molecule has 0 saturated carbocycles. The molecule has 1 rings (SSSR count). The van der Waals surface area contributed by atoms with Crippen LogP contribution >= 0.6 is 0 Å². The van der Waals surface area contributed by atoms with Gasteiger partial charge in [-0.2, -0.15) is 0 Å². The first-order valence-corrected chi connectivity index (χ1v) is 4.22. The van der Waals surface area contributed by atoms with Crippen molar-refractivity contribution in [3.8, 4) is 0 Å². The number of rotatable bonds is 1. The molecule has 0 radical (unpaired) electrons. The van der Waals surface area contributed by atoms with Crippen LogP contribution in [-0.2, 0) is 9.59 Å². The molecule has 0 aromatic rings. The normalized spacial score (nSPS) is 25.8. The van der Waals surface area contributed by atoms with Crippen LogP contribution in [0.5, 0.6) is 0 Å². The van der Waals surface area contributed by atoms with Gasteiger partial charge in [-0.25, -0.2) is 0 Å². The smallest absolute Gasteiger partial charge is 0.231 e. The lowest BCUT2D eigenvalue weighted by Gasteiger charge is -2.15. The second-order valence-corrected chi connectivity index (χ2v) is 4.20. The number of nitrogens with one attached hydrogen (secondary N) is 1. The fraction of sp³-hybridized carbons (Fsp3) is 0.800. The minimum Gasteiger partial charge on any atom is -0.343 e. The fourth-order valence-corrected chi connectivity index (χ4v) is 1.56. The Labute approximate surface area is 79.9 Å². The molecular weight excluding hydrogens is 166 g/mol. The van der Waals surface area contributed by atoms with Crippen LogP contribution in [0.3, 0.4) is 0 Å². The first-order chi connectivity index (χ1) is 5.36. The summed E-state index contributed by atoms with van der Waals surface area (Å²) in [6.45, 7) is 7.28. The van der Waals surface area contributed by atoms with Crippen molar-refractivity contribution in [3.05, 3.63) is 0 Å². The van der Waals surface area contributed by atoms with Crippen molar-refractivity contribution in [1.82, 2.24) is 5.32 Å². The Morgan fingerprint density at radius 3 is 1.92 bits per heavy atom. The van der Waals surface area contributed by atoms with Crippen molar-refractivity contribution < 1.29 is 9.59 Å². The highest BCUT2D eigenvalue weighted by Gasteiger charge is 2.47. The zero-order valence-corrected chi connectivity index (χ0v) is 7.97. The van der Waals surface area contributed by atoms with Gasteiger partial charge in [-0.15, -0.1) is 0 Å². The second kappa shape index (κ2) is 3.48. The van der Waals surface area contributed by atoms with Crippen molar-refractivity contribution in [3.63, 3.8) is 0 Å². The average molecular weight is 185 g/mol.